The van der Waals surface area contributed by atoms with Crippen molar-refractivity contribution in [1.82, 2.24) is 19.0 Å². The molecule has 0 aliphatic rings. The second-order valence-corrected chi connectivity index (χ2v) is 6.57. The highest BCUT2D eigenvalue weighted by Crippen LogP contribution is 2.22. The van der Waals surface area contributed by atoms with Gasteiger partial charge < -0.3 is 9.72 Å². The molecular weight excluding hydrogens is 334 g/mol. The van der Waals surface area contributed by atoms with Gasteiger partial charge in [0.1, 0.15) is 10.5 Å². The number of aromatic nitrogens is 4. The normalized spacial score (nSPS) is 11.0. The number of nitrogens with one attached hydrogen (secondary N) is 1. The van der Waals surface area contributed by atoms with Crippen LogP contribution in [0.25, 0.3) is 16.9 Å². The van der Waals surface area contributed by atoms with E-state index in [1.165, 1.54) is 5.56 Å². The molecule has 124 valence electrons. The number of rotatable bonds is 3. The maximum absolute atomic E-state index is 12.2. The zero-order chi connectivity index (χ0) is 17.4. The Kier molecular flexibility index (Phi) is 3.77. The summed E-state index contributed by atoms with van der Waals surface area (Å²) >= 11 is 1.09. The minimum atomic E-state index is -0.191. The minimum Gasteiger partial charge on any atom is -0.321 e. The largest absolute Gasteiger partial charge is 0.321 e. The molecule has 6 nitrogen and oxygen atoms in total. The number of aryl methyl sites for hydroxylation is 2. The van der Waals surface area contributed by atoms with Crippen LogP contribution in [0.1, 0.15) is 20.9 Å². The van der Waals surface area contributed by atoms with E-state index in [0.717, 1.165) is 34.1 Å². The van der Waals surface area contributed by atoms with Crippen molar-refractivity contribution < 1.29 is 4.79 Å². The van der Waals surface area contributed by atoms with Crippen molar-refractivity contribution in [3.8, 4) is 11.3 Å². The third-order valence-corrected chi connectivity index (χ3v) is 4.74. The molecule has 0 aliphatic carbocycles. The Morgan fingerprint density at radius 2 is 1.96 bits per heavy atom. The van der Waals surface area contributed by atoms with Gasteiger partial charge in [-0.05, 0) is 55.2 Å². The fourth-order valence-electron chi connectivity index (χ4n) is 2.57. The smallest absolute Gasteiger partial charge is 0.269 e. The predicted octanol–water partition coefficient (Wildman–Crippen LogP) is 3.72. The SMILES string of the molecule is Cc1ccn2cc(-c3ccc(NC(=O)c4snnc4C)cc3)nc2c1. The lowest BCUT2D eigenvalue weighted by atomic mass is 10.1. The summed E-state index contributed by atoms with van der Waals surface area (Å²) < 4.78 is 5.78. The fourth-order valence-corrected chi connectivity index (χ4v) is 3.13. The van der Waals surface area contributed by atoms with Crippen LogP contribution in [0.4, 0.5) is 5.69 Å². The van der Waals surface area contributed by atoms with Crippen molar-refractivity contribution in [2.24, 2.45) is 0 Å². The number of anilines is 1. The highest BCUT2D eigenvalue weighted by Gasteiger charge is 2.13. The molecule has 0 unspecified atom stereocenters. The molecule has 0 radical (unpaired) electrons. The molecule has 4 aromatic rings. The Balaban J connectivity index is 1.57. The number of hydrogen-bond acceptors (Lipinski definition) is 5. The van der Waals surface area contributed by atoms with E-state index in [1.807, 2.05) is 60.1 Å². The highest BCUT2D eigenvalue weighted by molar-refractivity contribution is 7.08. The first-order valence-electron chi connectivity index (χ1n) is 7.76. The van der Waals surface area contributed by atoms with Crippen molar-refractivity contribution in [3.05, 3.63) is 64.9 Å². The first-order valence-corrected chi connectivity index (χ1v) is 8.53. The third kappa shape index (κ3) is 3.01. The van der Waals surface area contributed by atoms with Crippen molar-refractivity contribution >= 4 is 28.8 Å². The Morgan fingerprint density at radius 1 is 1.16 bits per heavy atom. The van der Waals surface area contributed by atoms with Crippen LogP contribution in [0.15, 0.2) is 48.8 Å². The molecule has 0 fully saturated rings. The maximum Gasteiger partial charge on any atom is 0.269 e. The van der Waals surface area contributed by atoms with E-state index in [1.54, 1.807) is 6.92 Å². The summed E-state index contributed by atoms with van der Waals surface area (Å²) in [6, 6.07) is 11.7. The van der Waals surface area contributed by atoms with Gasteiger partial charge >= 0.3 is 0 Å². The van der Waals surface area contributed by atoms with E-state index >= 15 is 0 Å². The van der Waals surface area contributed by atoms with Crippen LogP contribution in [-0.4, -0.2) is 24.9 Å². The van der Waals surface area contributed by atoms with Gasteiger partial charge in [-0.3, -0.25) is 4.79 Å². The van der Waals surface area contributed by atoms with Gasteiger partial charge in [-0.15, -0.1) is 5.10 Å². The lowest BCUT2D eigenvalue weighted by Crippen LogP contribution is -2.11. The molecule has 3 aromatic heterocycles. The van der Waals surface area contributed by atoms with E-state index in [9.17, 15) is 4.79 Å². The average Bonchev–Trinajstić information content (AvgIpc) is 3.21. The van der Waals surface area contributed by atoms with Crippen LogP contribution in [0, 0.1) is 13.8 Å². The molecule has 25 heavy (non-hydrogen) atoms. The quantitative estimate of drug-likeness (QED) is 0.612. The Labute approximate surface area is 148 Å². The molecule has 0 bridgehead atoms. The van der Waals surface area contributed by atoms with Crippen LogP contribution < -0.4 is 5.32 Å². The summed E-state index contributed by atoms with van der Waals surface area (Å²) in [7, 11) is 0. The maximum atomic E-state index is 12.2. The molecule has 0 saturated carbocycles. The van der Waals surface area contributed by atoms with E-state index < -0.39 is 0 Å². The molecule has 7 heteroatoms. The monoisotopic (exact) mass is 349 g/mol. The molecule has 1 amide bonds. The molecule has 3 heterocycles. The van der Waals surface area contributed by atoms with Gasteiger partial charge in [-0.1, -0.05) is 16.6 Å². The van der Waals surface area contributed by atoms with Crippen molar-refractivity contribution in [3.63, 3.8) is 0 Å². The number of nitrogens with zero attached hydrogens (tertiary/aromatic N) is 4. The van der Waals surface area contributed by atoms with E-state index in [4.69, 9.17) is 0 Å². The summed E-state index contributed by atoms with van der Waals surface area (Å²) in [6.45, 7) is 3.82. The first-order chi connectivity index (χ1) is 12.1. The molecule has 4 rings (SSSR count). The minimum absolute atomic E-state index is 0.191. The molecule has 0 spiro atoms. The molecule has 1 N–H and O–H groups in total. The number of amides is 1. The van der Waals surface area contributed by atoms with Crippen LogP contribution in [-0.2, 0) is 0 Å². The van der Waals surface area contributed by atoms with Crippen LogP contribution >= 0.6 is 11.5 Å². The Morgan fingerprint density at radius 3 is 2.68 bits per heavy atom. The molecule has 0 aliphatic heterocycles. The van der Waals surface area contributed by atoms with Gasteiger partial charge in [-0.25, -0.2) is 4.98 Å². The van der Waals surface area contributed by atoms with Gasteiger partial charge in [0.2, 0.25) is 0 Å². The topological polar surface area (TPSA) is 72.2 Å². The fraction of sp³-hybridized carbons (Fsp3) is 0.111. The number of fused-ring (bicyclic) bond motifs is 1. The van der Waals surface area contributed by atoms with Crippen molar-refractivity contribution in [1.29, 1.82) is 0 Å². The number of carbonyl (C=O) groups is 1. The second kappa shape index (κ2) is 6.10. The van der Waals surface area contributed by atoms with Crippen LogP contribution in [0.5, 0.6) is 0 Å². The van der Waals surface area contributed by atoms with Gasteiger partial charge in [0.05, 0.1) is 11.4 Å². The van der Waals surface area contributed by atoms with E-state index in [0.29, 0.717) is 10.6 Å². The van der Waals surface area contributed by atoms with Gasteiger partial charge in [0.25, 0.3) is 5.91 Å². The molecule has 1 aromatic carbocycles. The van der Waals surface area contributed by atoms with Gasteiger partial charge in [-0.2, -0.15) is 0 Å². The summed E-state index contributed by atoms with van der Waals surface area (Å²) in [5.41, 5.74) is 5.34. The lowest BCUT2D eigenvalue weighted by molar-refractivity contribution is 0.103. The lowest BCUT2D eigenvalue weighted by Gasteiger charge is -2.04. The Bertz CT molecular complexity index is 1060. The van der Waals surface area contributed by atoms with Crippen molar-refractivity contribution in [2.45, 2.75) is 13.8 Å². The number of imidazole rings is 1. The van der Waals surface area contributed by atoms with Crippen LogP contribution in [0.2, 0.25) is 0 Å². The summed E-state index contributed by atoms with van der Waals surface area (Å²) in [5, 5.41) is 6.72. The number of hydrogen-bond donors (Lipinski definition) is 1. The average molecular weight is 349 g/mol. The summed E-state index contributed by atoms with van der Waals surface area (Å²) in [4.78, 5) is 17.4. The molecule has 0 atom stereocenters. The van der Waals surface area contributed by atoms with Crippen LogP contribution in [0.3, 0.4) is 0 Å². The molecular formula is C18H15N5OS. The zero-order valence-electron chi connectivity index (χ0n) is 13.7. The second-order valence-electron chi connectivity index (χ2n) is 5.81. The zero-order valence-corrected chi connectivity index (χ0v) is 14.5. The standard InChI is InChI=1S/C18H15N5OS/c1-11-7-8-23-10-15(20-16(23)9-11)13-3-5-14(6-4-13)19-18(24)17-12(2)21-22-25-17/h3-10H,1-2H3,(H,19,24). The van der Waals surface area contributed by atoms with E-state index in [2.05, 4.69) is 19.9 Å². The third-order valence-electron chi connectivity index (χ3n) is 3.91. The number of benzene rings is 1. The molecule has 0 saturated heterocycles. The highest BCUT2D eigenvalue weighted by atomic mass is 32.1. The number of carbonyl (C=O) groups excluding carboxylic acids is 1. The predicted molar refractivity (Wildman–Crippen MR) is 98.0 cm³/mol. The van der Waals surface area contributed by atoms with Gasteiger partial charge in [0, 0.05) is 23.6 Å². The van der Waals surface area contributed by atoms with Crippen molar-refractivity contribution in [2.75, 3.05) is 5.32 Å². The summed E-state index contributed by atoms with van der Waals surface area (Å²) in [5.74, 6) is -0.191. The first kappa shape index (κ1) is 15.5. The van der Waals surface area contributed by atoms with E-state index in [-0.39, 0.29) is 5.91 Å². The van der Waals surface area contributed by atoms with Gasteiger partial charge in [0.15, 0.2) is 0 Å². The Hall–Kier alpha value is -3.06. The number of pyridine rings is 1. The summed E-state index contributed by atoms with van der Waals surface area (Å²) in [6.07, 6.45) is 4.00.